The summed E-state index contributed by atoms with van der Waals surface area (Å²) >= 11 is 6.16. The summed E-state index contributed by atoms with van der Waals surface area (Å²) in [5, 5.41) is 0.239. The summed E-state index contributed by atoms with van der Waals surface area (Å²) < 4.78 is 82.2. The monoisotopic (exact) mass is 665 g/mol. The zero-order chi connectivity index (χ0) is 31.5. The number of aryl methyl sites for hydroxylation is 1. The molecule has 0 unspecified atom stereocenters. The number of hydrogen-bond donors (Lipinski definition) is 2. The third-order valence-corrected chi connectivity index (χ3v) is 14.3. The van der Waals surface area contributed by atoms with Crippen molar-refractivity contribution < 1.29 is 35.8 Å². The molecule has 1 aliphatic carbocycles. The first-order chi connectivity index (χ1) is 20.8. The molecule has 236 valence electrons. The molecule has 0 spiro atoms. The molecule has 2 N–H and O–H groups in total. The zero-order valence-electron chi connectivity index (χ0n) is 24.1. The Kier molecular flexibility index (Phi) is 8.02. The van der Waals surface area contributed by atoms with Gasteiger partial charge in [-0.1, -0.05) is 30.7 Å². The van der Waals surface area contributed by atoms with Crippen molar-refractivity contribution in [3.8, 4) is 5.75 Å². The van der Waals surface area contributed by atoms with Crippen LogP contribution in [0.5, 0.6) is 5.75 Å². The Hall–Kier alpha value is -2.70. The first-order valence-corrected chi connectivity index (χ1v) is 18.3. The number of sulfone groups is 1. The number of carbonyl (C=O) groups excluding carboxylic acids is 1. The van der Waals surface area contributed by atoms with Gasteiger partial charge in [0.2, 0.25) is 5.91 Å². The summed E-state index contributed by atoms with van der Waals surface area (Å²) in [7, 11) is -6.87. The lowest BCUT2D eigenvalue weighted by Gasteiger charge is -2.47. The van der Waals surface area contributed by atoms with Gasteiger partial charge in [-0.2, -0.15) is 10.6 Å². The van der Waals surface area contributed by atoms with Crippen LogP contribution in [0.3, 0.4) is 0 Å². The highest BCUT2D eigenvalue weighted by Crippen LogP contribution is 2.56. The number of ether oxygens (including phenoxy) is 1. The van der Waals surface area contributed by atoms with Crippen LogP contribution in [-0.2, 0) is 32.4 Å². The van der Waals surface area contributed by atoms with Gasteiger partial charge in [-0.15, -0.1) is 0 Å². The molecule has 3 aromatic rings. The molecule has 2 fully saturated rings. The second kappa shape index (κ2) is 11.3. The van der Waals surface area contributed by atoms with E-state index < -0.39 is 48.3 Å². The fraction of sp³-hybridized carbons (Fsp3) is 0.406. The Balaban J connectivity index is 1.38. The molecule has 12 heteroatoms. The molecular formula is C32H34ClF2NO6S2. The quantitative estimate of drug-likeness (QED) is 0.276. The van der Waals surface area contributed by atoms with Crippen LogP contribution in [0.4, 0.5) is 8.78 Å². The first-order valence-electron chi connectivity index (χ1n) is 14.5. The van der Waals surface area contributed by atoms with Gasteiger partial charge in [0.25, 0.3) is 0 Å². The normalized spacial score (nSPS) is 24.7. The number of likely N-dealkylation sites (tertiary alicyclic amines) is 1. The van der Waals surface area contributed by atoms with E-state index in [0.29, 0.717) is 37.0 Å². The second-order valence-corrected chi connectivity index (χ2v) is 17.3. The standard InChI is InChI=1S/C32H34ClF2NO6S2/c1-31(14-17-43(38,39)18-15-31)30(37)36-16-13-32(44(40,41)24-9-6-22(34)7-10-24)26-11-8-23(19-21(26)5-12-29(32)36)42-20-25-27(33)3-2-4-28(25)35/h2-4,6-11,19,29,38-39H,5,12-18,20H2,1H3/t29-,32-/m1/s1. The molecule has 2 aliphatic heterocycles. The van der Waals surface area contributed by atoms with Crippen LogP contribution in [0.2, 0.25) is 5.02 Å². The predicted molar refractivity (Wildman–Crippen MR) is 166 cm³/mol. The topological polar surface area (TPSA) is 104 Å². The smallest absolute Gasteiger partial charge is 0.228 e. The zero-order valence-corrected chi connectivity index (χ0v) is 26.5. The van der Waals surface area contributed by atoms with Crippen molar-refractivity contribution in [2.24, 2.45) is 5.41 Å². The minimum Gasteiger partial charge on any atom is -0.489 e. The van der Waals surface area contributed by atoms with Gasteiger partial charge in [0.1, 0.15) is 28.7 Å². The summed E-state index contributed by atoms with van der Waals surface area (Å²) in [5.74, 6) is -0.532. The van der Waals surface area contributed by atoms with E-state index in [9.17, 15) is 31.1 Å². The van der Waals surface area contributed by atoms with Crippen LogP contribution in [-0.4, -0.2) is 52.4 Å². The van der Waals surface area contributed by atoms with Crippen molar-refractivity contribution >= 4 is 37.9 Å². The Labute approximate surface area is 262 Å². The fourth-order valence-electron chi connectivity index (χ4n) is 7.05. The Morgan fingerprint density at radius 1 is 1.07 bits per heavy atom. The molecule has 0 aromatic heterocycles. The van der Waals surface area contributed by atoms with E-state index in [1.807, 2.05) is 6.92 Å². The van der Waals surface area contributed by atoms with Crippen LogP contribution < -0.4 is 4.74 Å². The number of rotatable bonds is 6. The average molecular weight is 666 g/mol. The molecule has 7 nitrogen and oxygen atoms in total. The maximum atomic E-state index is 14.6. The van der Waals surface area contributed by atoms with Crippen LogP contribution >= 0.6 is 22.2 Å². The van der Waals surface area contributed by atoms with Gasteiger partial charge in [0.15, 0.2) is 9.84 Å². The lowest BCUT2D eigenvalue weighted by Crippen LogP contribution is -2.55. The summed E-state index contributed by atoms with van der Waals surface area (Å²) in [6, 6.07) is 13.6. The Morgan fingerprint density at radius 3 is 2.45 bits per heavy atom. The summed E-state index contributed by atoms with van der Waals surface area (Å²) in [6.07, 6.45) is 1.59. The molecule has 2 saturated heterocycles. The summed E-state index contributed by atoms with van der Waals surface area (Å²) in [5.41, 5.74) is 0.678. The molecule has 1 amide bonds. The van der Waals surface area contributed by atoms with Crippen molar-refractivity contribution in [3.05, 3.63) is 94.0 Å². The average Bonchev–Trinajstić information content (AvgIpc) is 3.40. The van der Waals surface area contributed by atoms with Crippen molar-refractivity contribution in [2.45, 2.75) is 61.3 Å². The van der Waals surface area contributed by atoms with Gasteiger partial charge in [-0.3, -0.25) is 13.9 Å². The summed E-state index contributed by atoms with van der Waals surface area (Å²) in [6.45, 7) is 1.91. The van der Waals surface area contributed by atoms with E-state index in [0.717, 1.165) is 17.7 Å². The summed E-state index contributed by atoms with van der Waals surface area (Å²) in [4.78, 5) is 15.8. The van der Waals surface area contributed by atoms with Crippen LogP contribution in [0, 0.1) is 17.0 Å². The largest absolute Gasteiger partial charge is 0.489 e. The Morgan fingerprint density at radius 2 is 1.77 bits per heavy atom. The van der Waals surface area contributed by atoms with E-state index in [1.165, 1.54) is 24.3 Å². The van der Waals surface area contributed by atoms with E-state index >= 15 is 0 Å². The first kappa shape index (κ1) is 31.3. The number of fused-ring (bicyclic) bond motifs is 3. The van der Waals surface area contributed by atoms with Crippen molar-refractivity contribution in [3.63, 3.8) is 0 Å². The molecule has 6 rings (SSSR count). The van der Waals surface area contributed by atoms with Gasteiger partial charge >= 0.3 is 0 Å². The van der Waals surface area contributed by atoms with Crippen LogP contribution in [0.15, 0.2) is 65.6 Å². The highest BCUT2D eigenvalue weighted by atomic mass is 35.5. The molecule has 0 radical (unpaired) electrons. The third-order valence-electron chi connectivity index (χ3n) is 9.65. The number of amides is 1. The highest BCUT2D eigenvalue weighted by molar-refractivity contribution is 8.24. The minimum absolute atomic E-state index is 0.0293. The van der Waals surface area contributed by atoms with E-state index in [1.54, 1.807) is 29.2 Å². The van der Waals surface area contributed by atoms with Gasteiger partial charge < -0.3 is 9.64 Å². The number of halogens is 3. The van der Waals surface area contributed by atoms with Crippen LogP contribution in [0.25, 0.3) is 0 Å². The maximum Gasteiger partial charge on any atom is 0.228 e. The molecule has 2 atom stereocenters. The molecule has 0 bridgehead atoms. The van der Waals surface area contributed by atoms with E-state index in [4.69, 9.17) is 16.3 Å². The molecular weight excluding hydrogens is 632 g/mol. The van der Waals surface area contributed by atoms with Gasteiger partial charge in [0, 0.05) is 29.0 Å². The van der Waals surface area contributed by atoms with E-state index in [2.05, 4.69) is 0 Å². The second-order valence-electron chi connectivity index (χ2n) is 12.2. The van der Waals surface area contributed by atoms with Crippen molar-refractivity contribution in [2.75, 3.05) is 18.1 Å². The van der Waals surface area contributed by atoms with E-state index in [-0.39, 0.29) is 52.5 Å². The predicted octanol–water partition coefficient (Wildman–Crippen LogP) is 6.96. The number of benzene rings is 3. The van der Waals surface area contributed by atoms with Crippen molar-refractivity contribution in [1.82, 2.24) is 4.90 Å². The number of hydrogen-bond acceptors (Lipinski definition) is 6. The number of carbonyl (C=O) groups is 1. The lowest BCUT2D eigenvalue weighted by molar-refractivity contribution is -0.143. The molecule has 3 aromatic carbocycles. The molecule has 3 aliphatic rings. The Bertz CT molecular complexity index is 1690. The molecule has 2 heterocycles. The van der Waals surface area contributed by atoms with Crippen LogP contribution in [0.1, 0.15) is 49.3 Å². The highest BCUT2D eigenvalue weighted by Gasteiger charge is 2.62. The lowest BCUT2D eigenvalue weighted by atomic mass is 9.77. The molecule has 44 heavy (non-hydrogen) atoms. The minimum atomic E-state index is -4.15. The van der Waals surface area contributed by atoms with Crippen molar-refractivity contribution in [1.29, 1.82) is 0 Å². The van der Waals surface area contributed by atoms with Gasteiger partial charge in [0.05, 0.1) is 16.0 Å². The third kappa shape index (κ3) is 5.20. The fourth-order valence-corrected chi connectivity index (χ4v) is 11.4. The molecule has 0 saturated carbocycles. The maximum absolute atomic E-state index is 14.6. The number of nitrogens with zero attached hydrogens (tertiary/aromatic N) is 1. The van der Waals surface area contributed by atoms with Gasteiger partial charge in [-0.25, -0.2) is 17.2 Å². The SMILES string of the molecule is CC1(C(=O)N2CC[C@@]3(S(=O)(=O)c4ccc(F)cc4)c4ccc(OCc5c(F)cccc5Cl)cc4CC[C@@H]23)CCS(O)(O)CC1. The van der Waals surface area contributed by atoms with Gasteiger partial charge in [-0.05, 0) is 91.8 Å².